The van der Waals surface area contributed by atoms with Crippen LogP contribution in [0.3, 0.4) is 0 Å². The van der Waals surface area contributed by atoms with Crippen LogP contribution in [0.25, 0.3) is 0 Å². The van der Waals surface area contributed by atoms with E-state index in [1.54, 1.807) is 0 Å². The van der Waals surface area contributed by atoms with Gasteiger partial charge >= 0.3 is 0 Å². The number of likely N-dealkylation sites (tertiary alicyclic amines) is 1. The van der Waals surface area contributed by atoms with Gasteiger partial charge in [0, 0.05) is 25.2 Å². The minimum absolute atomic E-state index is 0.162. The molecule has 18 heavy (non-hydrogen) atoms. The topological polar surface area (TPSA) is 38.1 Å². The molecule has 0 N–H and O–H groups in total. The zero-order valence-corrected chi connectivity index (χ0v) is 11.2. The Labute approximate surface area is 108 Å². The number of aryl methyl sites for hydroxylation is 1. The normalized spacial score (nSPS) is 32.4. The van der Waals surface area contributed by atoms with Gasteiger partial charge in [-0.05, 0) is 44.6 Å². The minimum Gasteiger partial charge on any atom is -0.340 e. The van der Waals surface area contributed by atoms with Crippen molar-refractivity contribution in [1.29, 1.82) is 0 Å². The lowest BCUT2D eigenvalue weighted by atomic mass is 9.78. The van der Waals surface area contributed by atoms with Gasteiger partial charge in [0.05, 0.1) is 12.2 Å². The summed E-state index contributed by atoms with van der Waals surface area (Å²) in [5.74, 6) is 0.323. The van der Waals surface area contributed by atoms with E-state index in [4.69, 9.17) is 0 Å². The number of carbonyl (C=O) groups is 1. The highest BCUT2D eigenvalue weighted by molar-refractivity contribution is 5.79. The van der Waals surface area contributed by atoms with Crippen LogP contribution in [0.15, 0.2) is 12.4 Å². The molecule has 0 atom stereocenters. The number of amides is 1. The molecule has 0 unspecified atom stereocenters. The van der Waals surface area contributed by atoms with Crippen molar-refractivity contribution in [2.75, 3.05) is 7.05 Å². The number of hydrogen-bond donors (Lipinski definition) is 0. The summed E-state index contributed by atoms with van der Waals surface area (Å²) in [6.07, 6.45) is 10.4. The molecule has 1 saturated carbocycles. The fourth-order valence-electron chi connectivity index (χ4n) is 3.56. The molecule has 3 rings (SSSR count). The molecule has 1 spiro atoms. The molecule has 1 saturated heterocycles. The maximum Gasteiger partial charge on any atom is 0.222 e. The number of nitrogens with zero attached hydrogens (tertiary/aromatic N) is 3. The van der Waals surface area contributed by atoms with E-state index >= 15 is 0 Å². The Bertz CT molecular complexity index is 457. The maximum atomic E-state index is 11.7. The van der Waals surface area contributed by atoms with Gasteiger partial charge in [-0.1, -0.05) is 0 Å². The Kier molecular flexibility index (Phi) is 2.68. The minimum atomic E-state index is 0.162. The van der Waals surface area contributed by atoms with Gasteiger partial charge in [-0.3, -0.25) is 9.48 Å². The second-order valence-electron chi connectivity index (χ2n) is 5.91. The molecule has 1 aliphatic heterocycles. The predicted octanol–water partition coefficient (Wildman–Crippen LogP) is 2.30. The molecule has 1 aromatic heterocycles. The van der Waals surface area contributed by atoms with Gasteiger partial charge in [0.2, 0.25) is 5.91 Å². The first-order valence-electron chi connectivity index (χ1n) is 6.88. The van der Waals surface area contributed by atoms with Crippen molar-refractivity contribution in [3.63, 3.8) is 0 Å². The van der Waals surface area contributed by atoms with Crippen molar-refractivity contribution in [2.45, 2.75) is 57.0 Å². The van der Waals surface area contributed by atoms with Crippen LogP contribution in [0.4, 0.5) is 0 Å². The van der Waals surface area contributed by atoms with Gasteiger partial charge in [0.25, 0.3) is 0 Å². The first kappa shape index (κ1) is 11.8. The van der Waals surface area contributed by atoms with Crippen molar-refractivity contribution in [1.82, 2.24) is 14.7 Å². The Balaban J connectivity index is 1.70. The summed E-state index contributed by atoms with van der Waals surface area (Å²) in [5.41, 5.74) is 1.39. The number of aromatic nitrogens is 2. The van der Waals surface area contributed by atoms with E-state index in [-0.39, 0.29) is 5.54 Å². The van der Waals surface area contributed by atoms with E-state index < -0.39 is 0 Å². The van der Waals surface area contributed by atoms with Crippen LogP contribution in [-0.4, -0.2) is 33.2 Å². The molecule has 1 aromatic rings. The molecule has 2 fully saturated rings. The molecule has 98 valence electrons. The fraction of sp³-hybridized carbons (Fsp3) is 0.714. The molecular weight excluding hydrogens is 226 g/mol. The summed E-state index contributed by atoms with van der Waals surface area (Å²) in [6, 6.07) is 0.522. The molecule has 4 heteroatoms. The molecule has 0 aromatic carbocycles. The third-order valence-electron chi connectivity index (χ3n) is 4.88. The lowest BCUT2D eigenvalue weighted by Crippen LogP contribution is -2.46. The summed E-state index contributed by atoms with van der Waals surface area (Å²) >= 11 is 0. The van der Waals surface area contributed by atoms with E-state index in [0.29, 0.717) is 11.9 Å². The lowest BCUT2D eigenvalue weighted by Gasteiger charge is -2.42. The van der Waals surface area contributed by atoms with Crippen LogP contribution in [0.5, 0.6) is 0 Å². The predicted molar refractivity (Wildman–Crippen MR) is 69.2 cm³/mol. The highest BCUT2D eigenvalue weighted by atomic mass is 16.2. The first-order valence-corrected chi connectivity index (χ1v) is 6.88. The van der Waals surface area contributed by atoms with Gasteiger partial charge in [-0.25, -0.2) is 0 Å². The molecule has 2 heterocycles. The van der Waals surface area contributed by atoms with Crippen LogP contribution in [0, 0.1) is 6.92 Å². The standard InChI is InChI=1S/C14H21N3O/c1-11-9-15-17(10-11)12-3-6-14(7-4-12)8-5-13(18)16(14)2/h9-10,12H,3-8H2,1-2H3. The van der Waals surface area contributed by atoms with Crippen molar-refractivity contribution >= 4 is 5.91 Å². The van der Waals surface area contributed by atoms with Gasteiger partial charge in [0.15, 0.2) is 0 Å². The first-order chi connectivity index (χ1) is 8.61. The average Bonchev–Trinajstić information content (AvgIpc) is 2.92. The summed E-state index contributed by atoms with van der Waals surface area (Å²) in [6.45, 7) is 2.08. The smallest absolute Gasteiger partial charge is 0.222 e. The molecule has 4 nitrogen and oxygen atoms in total. The highest BCUT2D eigenvalue weighted by Crippen LogP contribution is 2.44. The van der Waals surface area contributed by atoms with Crippen molar-refractivity contribution in [2.24, 2.45) is 0 Å². The second kappa shape index (κ2) is 4.11. The molecule has 2 aliphatic rings. The third kappa shape index (κ3) is 1.74. The van der Waals surface area contributed by atoms with Crippen LogP contribution in [0.1, 0.15) is 50.1 Å². The summed E-state index contributed by atoms with van der Waals surface area (Å²) in [5, 5.41) is 4.42. The molecule has 1 aliphatic carbocycles. The largest absolute Gasteiger partial charge is 0.340 e. The Hall–Kier alpha value is -1.32. The van der Waals surface area contributed by atoms with E-state index in [0.717, 1.165) is 38.5 Å². The zero-order valence-electron chi connectivity index (χ0n) is 11.2. The van der Waals surface area contributed by atoms with Crippen molar-refractivity contribution in [3.05, 3.63) is 18.0 Å². The Morgan fingerprint density at radius 3 is 2.56 bits per heavy atom. The van der Waals surface area contributed by atoms with E-state index in [2.05, 4.69) is 22.9 Å². The Morgan fingerprint density at radius 1 is 1.33 bits per heavy atom. The number of rotatable bonds is 1. The van der Waals surface area contributed by atoms with Gasteiger partial charge < -0.3 is 4.90 Å². The van der Waals surface area contributed by atoms with Gasteiger partial charge in [-0.15, -0.1) is 0 Å². The van der Waals surface area contributed by atoms with E-state index in [1.807, 2.05) is 18.1 Å². The summed E-state index contributed by atoms with van der Waals surface area (Å²) < 4.78 is 2.11. The van der Waals surface area contributed by atoms with Crippen LogP contribution < -0.4 is 0 Å². The summed E-state index contributed by atoms with van der Waals surface area (Å²) in [7, 11) is 1.98. The SMILES string of the molecule is Cc1cnn(C2CCC3(CCC(=O)N3C)CC2)c1. The Morgan fingerprint density at radius 2 is 2.06 bits per heavy atom. The monoisotopic (exact) mass is 247 g/mol. The number of hydrogen-bond acceptors (Lipinski definition) is 2. The molecule has 0 bridgehead atoms. The van der Waals surface area contributed by atoms with Gasteiger partial charge in [0.1, 0.15) is 0 Å². The third-order valence-corrected chi connectivity index (χ3v) is 4.88. The molecule has 0 radical (unpaired) electrons. The zero-order chi connectivity index (χ0) is 12.8. The molecular formula is C14H21N3O. The fourth-order valence-corrected chi connectivity index (χ4v) is 3.56. The molecule has 1 amide bonds. The van der Waals surface area contributed by atoms with E-state index in [1.165, 1.54) is 5.56 Å². The van der Waals surface area contributed by atoms with Crippen molar-refractivity contribution in [3.8, 4) is 0 Å². The van der Waals surface area contributed by atoms with Crippen LogP contribution in [0.2, 0.25) is 0 Å². The maximum absolute atomic E-state index is 11.7. The second-order valence-corrected chi connectivity index (χ2v) is 5.91. The average molecular weight is 247 g/mol. The number of carbonyl (C=O) groups excluding carboxylic acids is 1. The van der Waals surface area contributed by atoms with E-state index in [9.17, 15) is 4.79 Å². The lowest BCUT2D eigenvalue weighted by molar-refractivity contribution is -0.130. The summed E-state index contributed by atoms with van der Waals surface area (Å²) in [4.78, 5) is 13.7. The van der Waals surface area contributed by atoms with Gasteiger partial charge in [-0.2, -0.15) is 5.10 Å². The highest BCUT2D eigenvalue weighted by Gasteiger charge is 2.45. The van der Waals surface area contributed by atoms with Crippen LogP contribution >= 0.6 is 0 Å². The van der Waals surface area contributed by atoms with Crippen LogP contribution in [-0.2, 0) is 4.79 Å². The quantitative estimate of drug-likeness (QED) is 0.763. The van der Waals surface area contributed by atoms with Crippen molar-refractivity contribution < 1.29 is 4.79 Å².